The van der Waals surface area contributed by atoms with E-state index in [1.165, 1.54) is 17.1 Å². The summed E-state index contributed by atoms with van der Waals surface area (Å²) in [5.74, 6) is -0.987. The summed E-state index contributed by atoms with van der Waals surface area (Å²) in [4.78, 5) is 12.7. The lowest BCUT2D eigenvalue weighted by molar-refractivity contribution is 0.0694. The maximum atomic E-state index is 11.0. The van der Waals surface area contributed by atoms with Gasteiger partial charge in [0.1, 0.15) is 15.4 Å². The van der Waals surface area contributed by atoms with Crippen molar-refractivity contribution in [1.29, 1.82) is 0 Å². The largest absolute Gasteiger partial charge is 0.478 e. The van der Waals surface area contributed by atoms with Crippen molar-refractivity contribution >= 4 is 15.8 Å². The molecule has 7 nitrogen and oxygen atoms in total. The zero-order valence-electron chi connectivity index (χ0n) is 10.6. The molecule has 0 saturated carbocycles. The van der Waals surface area contributed by atoms with Crippen molar-refractivity contribution in [2.24, 2.45) is 7.05 Å². The fourth-order valence-corrected chi connectivity index (χ4v) is 2.13. The number of hydrogen-bond acceptors (Lipinski definition) is 5. The van der Waals surface area contributed by atoms with Crippen molar-refractivity contribution in [2.75, 3.05) is 25.6 Å². The first-order valence-electron chi connectivity index (χ1n) is 5.31. The van der Waals surface area contributed by atoms with Crippen LogP contribution in [0.25, 0.3) is 0 Å². The first kappa shape index (κ1) is 14.7. The SMILES string of the molecule is CN(CCS(C)(=O)=O)Cc1c(C(=O)O)cnn1C. The second-order valence-electron chi connectivity index (χ2n) is 4.30. The average Bonchev–Trinajstić information content (AvgIpc) is 2.57. The summed E-state index contributed by atoms with van der Waals surface area (Å²) < 4.78 is 23.6. The Morgan fingerprint density at radius 1 is 1.56 bits per heavy atom. The molecule has 1 N–H and O–H groups in total. The maximum Gasteiger partial charge on any atom is 0.339 e. The molecule has 1 rings (SSSR count). The number of carboxylic acid groups (broad SMARTS) is 1. The molecular weight excluding hydrogens is 258 g/mol. The zero-order valence-corrected chi connectivity index (χ0v) is 11.4. The molecule has 0 spiro atoms. The third-order valence-corrected chi connectivity index (χ3v) is 3.48. The molecule has 0 saturated heterocycles. The molecule has 0 aliphatic carbocycles. The molecule has 1 aromatic rings. The molecule has 0 aromatic carbocycles. The summed E-state index contributed by atoms with van der Waals surface area (Å²) in [6.07, 6.45) is 2.47. The second-order valence-corrected chi connectivity index (χ2v) is 6.56. The van der Waals surface area contributed by atoms with Gasteiger partial charge in [-0.3, -0.25) is 9.58 Å². The second kappa shape index (κ2) is 5.49. The van der Waals surface area contributed by atoms with E-state index in [0.29, 0.717) is 18.8 Å². The van der Waals surface area contributed by atoms with Crippen LogP contribution >= 0.6 is 0 Å². The van der Waals surface area contributed by atoms with Crippen LogP contribution in [0.15, 0.2) is 6.20 Å². The number of aromatic carboxylic acids is 1. The lowest BCUT2D eigenvalue weighted by Gasteiger charge is -2.16. The zero-order chi connectivity index (χ0) is 13.9. The van der Waals surface area contributed by atoms with E-state index in [4.69, 9.17) is 5.11 Å². The van der Waals surface area contributed by atoms with Crippen LogP contribution in [-0.4, -0.2) is 59.8 Å². The van der Waals surface area contributed by atoms with Gasteiger partial charge in [0.05, 0.1) is 17.6 Å². The Kier molecular flexibility index (Phi) is 4.47. The lowest BCUT2D eigenvalue weighted by atomic mass is 10.2. The van der Waals surface area contributed by atoms with E-state index < -0.39 is 15.8 Å². The molecule has 1 heterocycles. The van der Waals surface area contributed by atoms with Gasteiger partial charge in [0, 0.05) is 26.4 Å². The molecule has 0 aliphatic rings. The van der Waals surface area contributed by atoms with Crippen LogP contribution in [0.5, 0.6) is 0 Å². The third kappa shape index (κ3) is 4.11. The highest BCUT2D eigenvalue weighted by Crippen LogP contribution is 2.10. The van der Waals surface area contributed by atoms with Gasteiger partial charge in [0.15, 0.2) is 0 Å². The van der Waals surface area contributed by atoms with Gasteiger partial charge >= 0.3 is 5.97 Å². The van der Waals surface area contributed by atoms with E-state index >= 15 is 0 Å². The molecule has 8 heteroatoms. The summed E-state index contributed by atoms with van der Waals surface area (Å²) in [6.45, 7) is 0.691. The molecule has 0 bridgehead atoms. The highest BCUT2D eigenvalue weighted by molar-refractivity contribution is 7.90. The molecule has 0 atom stereocenters. The van der Waals surface area contributed by atoms with Gasteiger partial charge in [-0.05, 0) is 7.05 Å². The van der Waals surface area contributed by atoms with E-state index in [2.05, 4.69) is 5.10 Å². The predicted molar refractivity (Wildman–Crippen MR) is 66.2 cm³/mol. The topological polar surface area (TPSA) is 92.5 Å². The van der Waals surface area contributed by atoms with E-state index in [9.17, 15) is 13.2 Å². The summed E-state index contributed by atoms with van der Waals surface area (Å²) in [7, 11) is 0.384. The Labute approximate surface area is 106 Å². The number of carbonyl (C=O) groups is 1. The molecule has 0 fully saturated rings. The van der Waals surface area contributed by atoms with Crippen LogP contribution in [0.3, 0.4) is 0 Å². The van der Waals surface area contributed by atoms with Crippen molar-refractivity contribution < 1.29 is 18.3 Å². The monoisotopic (exact) mass is 275 g/mol. The number of sulfone groups is 1. The van der Waals surface area contributed by atoms with Gasteiger partial charge in [0.2, 0.25) is 0 Å². The summed E-state index contributed by atoms with van der Waals surface area (Å²) in [6, 6.07) is 0. The van der Waals surface area contributed by atoms with Crippen molar-refractivity contribution in [3.8, 4) is 0 Å². The minimum absolute atomic E-state index is 0.0454. The van der Waals surface area contributed by atoms with Crippen molar-refractivity contribution in [1.82, 2.24) is 14.7 Å². The standard InChI is InChI=1S/C10H17N3O4S/c1-12(4-5-18(3,16)17)7-9-8(10(14)15)6-11-13(9)2/h6H,4-5,7H2,1-3H3,(H,14,15). The highest BCUT2D eigenvalue weighted by atomic mass is 32.2. The molecule has 0 unspecified atom stereocenters. The molecule has 102 valence electrons. The quantitative estimate of drug-likeness (QED) is 0.759. The van der Waals surface area contributed by atoms with Gasteiger partial charge in [-0.25, -0.2) is 13.2 Å². The average molecular weight is 275 g/mol. The number of rotatable bonds is 6. The molecule has 0 aliphatic heterocycles. The van der Waals surface area contributed by atoms with E-state index in [-0.39, 0.29) is 11.3 Å². The smallest absolute Gasteiger partial charge is 0.339 e. The maximum absolute atomic E-state index is 11.0. The van der Waals surface area contributed by atoms with E-state index in [0.717, 1.165) is 0 Å². The van der Waals surface area contributed by atoms with Gasteiger partial charge in [-0.15, -0.1) is 0 Å². The van der Waals surface area contributed by atoms with Crippen LogP contribution in [0.4, 0.5) is 0 Å². The van der Waals surface area contributed by atoms with Crippen molar-refractivity contribution in [3.63, 3.8) is 0 Å². The Bertz CT molecular complexity index is 535. The van der Waals surface area contributed by atoms with Crippen molar-refractivity contribution in [3.05, 3.63) is 17.5 Å². The molecule has 18 heavy (non-hydrogen) atoms. The minimum Gasteiger partial charge on any atom is -0.478 e. The number of aryl methyl sites for hydroxylation is 1. The number of nitrogens with zero attached hydrogens (tertiary/aromatic N) is 3. The highest BCUT2D eigenvalue weighted by Gasteiger charge is 2.16. The molecule has 1 aromatic heterocycles. The number of aromatic nitrogens is 2. The van der Waals surface area contributed by atoms with Gasteiger partial charge < -0.3 is 5.11 Å². The van der Waals surface area contributed by atoms with Crippen LogP contribution < -0.4 is 0 Å². The number of hydrogen-bond donors (Lipinski definition) is 1. The Morgan fingerprint density at radius 3 is 2.67 bits per heavy atom. The van der Waals surface area contributed by atoms with Crippen molar-refractivity contribution in [2.45, 2.75) is 6.54 Å². The molecule has 0 amide bonds. The predicted octanol–water partition coefficient (Wildman–Crippen LogP) is -0.405. The summed E-state index contributed by atoms with van der Waals surface area (Å²) >= 11 is 0. The molecule has 0 radical (unpaired) electrons. The van der Waals surface area contributed by atoms with Crippen LogP contribution in [0.2, 0.25) is 0 Å². The van der Waals surface area contributed by atoms with Gasteiger partial charge in [0.25, 0.3) is 0 Å². The van der Waals surface area contributed by atoms with Crippen LogP contribution in [0, 0.1) is 0 Å². The fourth-order valence-electron chi connectivity index (χ4n) is 1.49. The van der Waals surface area contributed by atoms with Gasteiger partial charge in [-0.1, -0.05) is 0 Å². The van der Waals surface area contributed by atoms with E-state index in [1.807, 2.05) is 0 Å². The first-order chi connectivity index (χ1) is 8.20. The normalized spacial score (nSPS) is 12.0. The number of carboxylic acids is 1. The van der Waals surface area contributed by atoms with E-state index in [1.54, 1.807) is 19.0 Å². The molecular formula is C10H17N3O4S. The van der Waals surface area contributed by atoms with Gasteiger partial charge in [-0.2, -0.15) is 5.10 Å². The van der Waals surface area contributed by atoms with Crippen LogP contribution in [-0.2, 0) is 23.4 Å². The van der Waals surface area contributed by atoms with Crippen LogP contribution in [0.1, 0.15) is 16.1 Å². The Balaban J connectivity index is 2.73. The fraction of sp³-hybridized carbons (Fsp3) is 0.600. The Hall–Kier alpha value is -1.41. The Morgan fingerprint density at radius 2 is 2.17 bits per heavy atom. The minimum atomic E-state index is -3.02. The third-order valence-electron chi connectivity index (χ3n) is 2.56. The summed E-state index contributed by atoms with van der Waals surface area (Å²) in [5, 5.41) is 12.9. The summed E-state index contributed by atoms with van der Waals surface area (Å²) in [5.41, 5.74) is 0.696. The lowest BCUT2D eigenvalue weighted by Crippen LogP contribution is -2.26. The first-order valence-corrected chi connectivity index (χ1v) is 7.37.